The Morgan fingerprint density at radius 2 is 1.95 bits per heavy atom. The largest absolute Gasteiger partial charge is 0.393 e. The van der Waals surface area contributed by atoms with Crippen LogP contribution in [0.15, 0.2) is 36.5 Å². The highest BCUT2D eigenvalue weighted by Gasteiger charge is 2.27. The number of fused-ring (bicyclic) bond motifs is 1. The van der Waals surface area contributed by atoms with Gasteiger partial charge in [0, 0.05) is 23.6 Å². The van der Waals surface area contributed by atoms with Crippen LogP contribution in [0.4, 0.5) is 0 Å². The maximum absolute atomic E-state index is 12.4. The van der Waals surface area contributed by atoms with Crippen LogP contribution in [0.2, 0.25) is 0 Å². The number of carbonyl (C=O) groups is 2. The van der Waals surface area contributed by atoms with Crippen molar-refractivity contribution in [3.8, 4) is 0 Å². The van der Waals surface area contributed by atoms with E-state index in [0.717, 1.165) is 0 Å². The zero-order valence-corrected chi connectivity index (χ0v) is 11.4. The Balaban J connectivity index is 1.99. The maximum atomic E-state index is 12.4. The minimum atomic E-state index is -0.548. The number of hydrogen-bond acceptors (Lipinski definition) is 5. The van der Waals surface area contributed by atoms with Crippen molar-refractivity contribution in [3.63, 3.8) is 0 Å². The van der Waals surface area contributed by atoms with Gasteiger partial charge in [-0.1, -0.05) is 29.5 Å². The molecule has 0 amide bonds. The van der Waals surface area contributed by atoms with E-state index in [2.05, 4.69) is 10.3 Å². The summed E-state index contributed by atoms with van der Waals surface area (Å²) in [4.78, 5) is 24.5. The number of hydrogen-bond donors (Lipinski definition) is 1. The topological polar surface area (TPSA) is 85.1 Å². The fourth-order valence-electron chi connectivity index (χ4n) is 2.28. The molecule has 0 saturated carbocycles. The predicted molar refractivity (Wildman–Crippen MR) is 74.8 cm³/mol. The van der Waals surface area contributed by atoms with Crippen molar-refractivity contribution < 1.29 is 14.7 Å². The fourth-order valence-corrected chi connectivity index (χ4v) is 2.28. The molecular formula is C15H13N3O3. The third kappa shape index (κ3) is 2.41. The normalized spacial score (nSPS) is 15.6. The molecule has 1 aromatic carbocycles. The van der Waals surface area contributed by atoms with Crippen LogP contribution in [-0.2, 0) is 6.42 Å². The lowest BCUT2D eigenvalue weighted by Gasteiger charge is -2.14. The van der Waals surface area contributed by atoms with Crippen LogP contribution >= 0.6 is 0 Å². The third-order valence-electron chi connectivity index (χ3n) is 3.23. The van der Waals surface area contributed by atoms with E-state index in [0.29, 0.717) is 23.2 Å². The third-order valence-corrected chi connectivity index (χ3v) is 3.23. The minimum absolute atomic E-state index is 0.169. The highest BCUT2D eigenvalue weighted by Crippen LogP contribution is 2.23. The number of nitrogens with zero attached hydrogens (tertiary/aromatic N) is 3. The van der Waals surface area contributed by atoms with Crippen LogP contribution in [0, 0.1) is 0 Å². The van der Waals surface area contributed by atoms with E-state index >= 15 is 0 Å². The van der Waals surface area contributed by atoms with E-state index in [9.17, 15) is 14.7 Å². The average molecular weight is 283 g/mol. The molecule has 0 spiro atoms. The van der Waals surface area contributed by atoms with Crippen LogP contribution in [0.1, 0.15) is 33.3 Å². The molecule has 0 bridgehead atoms. The molecule has 3 rings (SSSR count). The highest BCUT2D eigenvalue weighted by atomic mass is 16.3. The maximum Gasteiger partial charge on any atom is 0.212 e. The van der Waals surface area contributed by atoms with Crippen LogP contribution in [-0.4, -0.2) is 37.8 Å². The van der Waals surface area contributed by atoms with Crippen LogP contribution < -0.4 is 0 Å². The van der Waals surface area contributed by atoms with E-state index in [4.69, 9.17) is 0 Å². The first-order valence-corrected chi connectivity index (χ1v) is 6.55. The van der Waals surface area contributed by atoms with Gasteiger partial charge in [0.15, 0.2) is 5.78 Å². The lowest BCUT2D eigenvalue weighted by molar-refractivity contribution is 0.0996. The van der Waals surface area contributed by atoms with Gasteiger partial charge in [-0.25, -0.2) is 4.68 Å². The Kier molecular flexibility index (Phi) is 3.23. The Morgan fingerprint density at radius 3 is 2.67 bits per heavy atom. The van der Waals surface area contributed by atoms with Crippen molar-refractivity contribution in [1.82, 2.24) is 15.0 Å². The number of aromatic nitrogens is 3. The summed E-state index contributed by atoms with van der Waals surface area (Å²) in [6.45, 7) is 1.64. The van der Waals surface area contributed by atoms with Gasteiger partial charge in [-0.05, 0) is 6.92 Å². The van der Waals surface area contributed by atoms with Gasteiger partial charge >= 0.3 is 0 Å². The fraction of sp³-hybridized carbons (Fsp3) is 0.200. The van der Waals surface area contributed by atoms with Gasteiger partial charge in [-0.15, -0.1) is 5.10 Å². The summed E-state index contributed by atoms with van der Waals surface area (Å²) >= 11 is 0. The summed E-state index contributed by atoms with van der Waals surface area (Å²) in [5.41, 5.74) is 1.50. The molecule has 0 unspecified atom stereocenters. The lowest BCUT2D eigenvalue weighted by Crippen LogP contribution is -2.19. The summed E-state index contributed by atoms with van der Waals surface area (Å²) in [5.74, 6) is -0.494. The molecule has 106 valence electrons. The molecule has 1 aliphatic rings. The molecule has 2 aromatic rings. The Morgan fingerprint density at radius 1 is 1.24 bits per heavy atom. The van der Waals surface area contributed by atoms with Crippen molar-refractivity contribution in [2.75, 3.05) is 0 Å². The number of allylic oxidation sites excluding steroid dienone is 2. The Bertz CT molecular complexity index is 759. The molecule has 6 heteroatoms. The number of aliphatic hydroxyl groups is 1. The van der Waals surface area contributed by atoms with E-state index in [1.807, 2.05) is 0 Å². The molecule has 0 radical (unpaired) electrons. The molecule has 0 aliphatic heterocycles. The zero-order valence-electron chi connectivity index (χ0n) is 11.4. The second-order valence-corrected chi connectivity index (χ2v) is 4.98. The smallest absolute Gasteiger partial charge is 0.212 e. The summed E-state index contributed by atoms with van der Waals surface area (Å²) < 4.78 is 1.29. The van der Waals surface area contributed by atoms with Crippen molar-refractivity contribution in [2.24, 2.45) is 0 Å². The van der Waals surface area contributed by atoms with Crippen molar-refractivity contribution >= 4 is 17.3 Å². The summed E-state index contributed by atoms with van der Waals surface area (Å²) in [6.07, 6.45) is 2.61. The van der Waals surface area contributed by atoms with Crippen LogP contribution in [0.5, 0.6) is 0 Å². The van der Waals surface area contributed by atoms with Gasteiger partial charge in [0.05, 0.1) is 18.0 Å². The van der Waals surface area contributed by atoms with Gasteiger partial charge in [0.1, 0.15) is 5.70 Å². The number of ketones is 2. The second-order valence-electron chi connectivity index (χ2n) is 4.98. The molecule has 1 N–H and O–H groups in total. The number of benzene rings is 1. The molecule has 1 aliphatic carbocycles. The van der Waals surface area contributed by atoms with E-state index < -0.39 is 6.10 Å². The molecule has 1 aromatic heterocycles. The van der Waals surface area contributed by atoms with Gasteiger partial charge in [0.25, 0.3) is 0 Å². The van der Waals surface area contributed by atoms with Gasteiger partial charge < -0.3 is 5.11 Å². The number of Topliss-reactive ketones (excluding diaryl/α,β-unsaturated/α-hetero) is 1. The Hall–Kier alpha value is -2.60. The van der Waals surface area contributed by atoms with Gasteiger partial charge in [0.2, 0.25) is 5.78 Å². The molecule has 1 heterocycles. The van der Waals surface area contributed by atoms with Crippen molar-refractivity contribution in [1.29, 1.82) is 0 Å². The first-order chi connectivity index (χ1) is 10.1. The molecule has 6 nitrogen and oxygen atoms in total. The second kappa shape index (κ2) is 5.06. The summed E-state index contributed by atoms with van der Waals surface area (Å²) in [6, 6.07) is 6.69. The summed E-state index contributed by atoms with van der Waals surface area (Å²) in [5, 5.41) is 17.1. The molecule has 1 atom stereocenters. The van der Waals surface area contributed by atoms with Gasteiger partial charge in [-0.2, -0.15) is 0 Å². The molecular weight excluding hydrogens is 270 g/mol. The first kappa shape index (κ1) is 13.4. The van der Waals surface area contributed by atoms with Crippen LogP contribution in [0.3, 0.4) is 0 Å². The van der Waals surface area contributed by atoms with E-state index in [-0.39, 0.29) is 17.3 Å². The Labute approximate surface area is 120 Å². The first-order valence-electron chi connectivity index (χ1n) is 6.55. The predicted octanol–water partition coefficient (Wildman–Crippen LogP) is 1.12. The summed E-state index contributed by atoms with van der Waals surface area (Å²) in [7, 11) is 0. The highest BCUT2D eigenvalue weighted by molar-refractivity contribution is 6.35. The average Bonchev–Trinajstić information content (AvgIpc) is 2.90. The SMILES string of the molecule is C[C@@H](O)Cc1cn(C2=CC(=O)c3ccccc3C2=O)nn1. The van der Waals surface area contributed by atoms with E-state index in [1.54, 1.807) is 37.4 Å². The quantitative estimate of drug-likeness (QED) is 0.912. The molecule has 0 fully saturated rings. The zero-order chi connectivity index (χ0) is 15.0. The van der Waals surface area contributed by atoms with Crippen LogP contribution in [0.25, 0.3) is 5.70 Å². The number of carbonyl (C=O) groups excluding carboxylic acids is 2. The minimum Gasteiger partial charge on any atom is -0.393 e. The number of aliphatic hydroxyl groups excluding tert-OH is 1. The monoisotopic (exact) mass is 283 g/mol. The van der Waals surface area contributed by atoms with E-state index in [1.165, 1.54) is 10.8 Å². The molecule has 21 heavy (non-hydrogen) atoms. The molecule has 0 saturated heterocycles. The standard InChI is InChI=1S/C15H13N3O3/c1-9(19)6-10-8-18(17-16-10)13-7-14(20)11-4-2-3-5-12(11)15(13)21/h2-5,7-9,19H,6H2,1H3/t9-/m1/s1. The number of rotatable bonds is 3. The van der Waals surface area contributed by atoms with Gasteiger partial charge in [-0.3, -0.25) is 9.59 Å². The van der Waals surface area contributed by atoms with Crippen molar-refractivity contribution in [3.05, 3.63) is 53.4 Å². The van der Waals surface area contributed by atoms with Crippen molar-refractivity contribution in [2.45, 2.75) is 19.4 Å². The lowest BCUT2D eigenvalue weighted by atomic mass is 9.93.